The van der Waals surface area contributed by atoms with Crippen molar-refractivity contribution in [3.05, 3.63) is 83.3 Å². The molecule has 194 valence electrons. The summed E-state index contributed by atoms with van der Waals surface area (Å²) in [5, 5.41) is 11.9. The first kappa shape index (κ1) is 24.9. The zero-order chi connectivity index (χ0) is 25.7. The number of aryl methyl sites for hydroxylation is 1. The topological polar surface area (TPSA) is 73.9 Å². The molecule has 0 unspecified atom stereocenters. The van der Waals surface area contributed by atoms with Crippen LogP contribution in [-0.4, -0.2) is 51.7 Å². The number of nitrogens with one attached hydrogen (secondary N) is 2. The van der Waals surface area contributed by atoms with Crippen LogP contribution in [0.5, 0.6) is 0 Å². The third-order valence-electron chi connectivity index (χ3n) is 7.23. The molecular formula is C31H33N5OS. The van der Waals surface area contributed by atoms with Gasteiger partial charge in [-0.2, -0.15) is 5.10 Å². The number of H-pyrrole nitrogens is 1. The van der Waals surface area contributed by atoms with Gasteiger partial charge in [0, 0.05) is 27.4 Å². The Labute approximate surface area is 227 Å². The Morgan fingerprint density at radius 1 is 1.08 bits per heavy atom. The molecule has 6 nitrogen and oxygen atoms in total. The molecule has 6 rings (SSSR count). The Balaban J connectivity index is 1.12. The Morgan fingerprint density at radius 3 is 2.82 bits per heavy atom. The third-order valence-corrected chi connectivity index (χ3v) is 8.30. The van der Waals surface area contributed by atoms with Crippen LogP contribution in [0.2, 0.25) is 0 Å². The summed E-state index contributed by atoms with van der Waals surface area (Å²) in [5.74, 6) is 0.00918. The molecule has 1 saturated carbocycles. The lowest BCUT2D eigenvalue weighted by molar-refractivity contribution is 0.0948. The van der Waals surface area contributed by atoms with E-state index in [1.165, 1.54) is 44.5 Å². The Hall–Kier alpha value is -3.42. The van der Waals surface area contributed by atoms with Crippen LogP contribution in [0.1, 0.15) is 59.4 Å². The number of hydrogen-bond acceptors (Lipinski definition) is 5. The number of rotatable bonds is 10. The number of amides is 1. The van der Waals surface area contributed by atoms with Crippen molar-refractivity contribution in [1.82, 2.24) is 25.4 Å². The van der Waals surface area contributed by atoms with Gasteiger partial charge in [-0.15, -0.1) is 0 Å². The normalized spacial score (nSPS) is 16.0. The molecule has 1 saturated heterocycles. The SMILES string of the molecule is O=C(NC1CC1)c1ccccc1Sc1ccc2c(/C=C/c3cc(CCCN4CCCC4)ccn3)n[nH]c2c1. The molecule has 1 aliphatic carbocycles. The number of nitrogens with zero attached hydrogens (tertiary/aromatic N) is 3. The van der Waals surface area contributed by atoms with Crippen LogP contribution in [0, 0.1) is 0 Å². The molecule has 3 heterocycles. The molecule has 7 heteroatoms. The molecule has 2 aromatic heterocycles. The van der Waals surface area contributed by atoms with Gasteiger partial charge >= 0.3 is 0 Å². The van der Waals surface area contributed by atoms with E-state index in [2.05, 4.69) is 55.7 Å². The lowest BCUT2D eigenvalue weighted by Crippen LogP contribution is -2.25. The second-order valence-electron chi connectivity index (χ2n) is 10.2. The summed E-state index contributed by atoms with van der Waals surface area (Å²) >= 11 is 1.60. The molecule has 2 fully saturated rings. The Bertz CT molecular complexity index is 1450. The van der Waals surface area contributed by atoms with Crippen molar-refractivity contribution in [3.8, 4) is 0 Å². The van der Waals surface area contributed by atoms with E-state index in [4.69, 9.17) is 0 Å². The molecule has 0 bridgehead atoms. The standard InChI is InChI=1S/C31H33N5OS/c37-31(33-23-9-10-23)27-7-1-2-8-30(27)38-25-12-13-26-28(34-35-29(26)21-25)14-11-24-20-22(15-16-32-24)6-5-19-36-17-3-4-18-36/h1-2,7-8,11-16,20-21,23H,3-6,9-10,17-19H2,(H,33,37)(H,34,35)/b14-11+. The van der Waals surface area contributed by atoms with Crippen molar-refractivity contribution in [2.75, 3.05) is 19.6 Å². The van der Waals surface area contributed by atoms with Crippen molar-refractivity contribution in [2.45, 2.75) is 54.4 Å². The quantitative estimate of drug-likeness (QED) is 0.259. The number of fused-ring (bicyclic) bond motifs is 1. The fraction of sp³-hybridized carbons (Fsp3) is 0.323. The van der Waals surface area contributed by atoms with Gasteiger partial charge in [0.25, 0.3) is 5.91 Å². The maximum atomic E-state index is 12.7. The van der Waals surface area contributed by atoms with E-state index in [-0.39, 0.29) is 5.91 Å². The van der Waals surface area contributed by atoms with Gasteiger partial charge in [0.05, 0.1) is 22.5 Å². The highest BCUT2D eigenvalue weighted by atomic mass is 32.2. The van der Waals surface area contributed by atoms with E-state index in [1.54, 1.807) is 11.8 Å². The predicted molar refractivity (Wildman–Crippen MR) is 154 cm³/mol. The number of aromatic nitrogens is 3. The molecule has 38 heavy (non-hydrogen) atoms. The van der Waals surface area contributed by atoms with E-state index in [1.807, 2.05) is 42.6 Å². The molecule has 1 amide bonds. The maximum Gasteiger partial charge on any atom is 0.252 e. The van der Waals surface area contributed by atoms with Crippen LogP contribution in [0.25, 0.3) is 23.1 Å². The van der Waals surface area contributed by atoms with Gasteiger partial charge in [0.2, 0.25) is 0 Å². The van der Waals surface area contributed by atoms with E-state index in [9.17, 15) is 4.79 Å². The summed E-state index contributed by atoms with van der Waals surface area (Å²) in [4.78, 5) is 21.8. The summed E-state index contributed by atoms with van der Waals surface area (Å²) in [5.41, 5.74) is 4.87. The summed E-state index contributed by atoms with van der Waals surface area (Å²) in [7, 11) is 0. The van der Waals surface area contributed by atoms with Crippen LogP contribution >= 0.6 is 11.8 Å². The van der Waals surface area contributed by atoms with Crippen molar-refractivity contribution in [3.63, 3.8) is 0 Å². The molecule has 1 aliphatic heterocycles. The minimum atomic E-state index is 0.00918. The fourth-order valence-electron chi connectivity index (χ4n) is 4.99. The first-order chi connectivity index (χ1) is 18.7. The van der Waals surface area contributed by atoms with E-state index in [0.717, 1.165) is 56.9 Å². The Kier molecular flexibility index (Phi) is 7.56. The van der Waals surface area contributed by atoms with E-state index >= 15 is 0 Å². The summed E-state index contributed by atoms with van der Waals surface area (Å²) in [6.45, 7) is 3.70. The van der Waals surface area contributed by atoms with Crippen LogP contribution < -0.4 is 5.32 Å². The molecule has 2 N–H and O–H groups in total. The number of hydrogen-bond donors (Lipinski definition) is 2. The minimum absolute atomic E-state index is 0.00918. The van der Waals surface area contributed by atoms with Crippen LogP contribution in [-0.2, 0) is 6.42 Å². The van der Waals surface area contributed by atoms with Gasteiger partial charge in [0.1, 0.15) is 0 Å². The number of carbonyl (C=O) groups is 1. The summed E-state index contributed by atoms with van der Waals surface area (Å²) in [6.07, 6.45) is 13.1. The predicted octanol–water partition coefficient (Wildman–Crippen LogP) is 6.20. The molecule has 0 radical (unpaired) electrons. The highest BCUT2D eigenvalue weighted by molar-refractivity contribution is 7.99. The second-order valence-corrected chi connectivity index (χ2v) is 11.4. The van der Waals surface area contributed by atoms with Crippen molar-refractivity contribution in [2.24, 2.45) is 0 Å². The minimum Gasteiger partial charge on any atom is -0.349 e. The van der Waals surface area contributed by atoms with Gasteiger partial charge in [-0.05, 0) is 118 Å². The van der Waals surface area contributed by atoms with E-state index in [0.29, 0.717) is 6.04 Å². The van der Waals surface area contributed by atoms with Crippen LogP contribution in [0.3, 0.4) is 0 Å². The van der Waals surface area contributed by atoms with Gasteiger partial charge in [-0.25, -0.2) is 0 Å². The molecule has 2 aromatic carbocycles. The average molecular weight is 524 g/mol. The van der Waals surface area contributed by atoms with Gasteiger partial charge in [-0.1, -0.05) is 23.9 Å². The Morgan fingerprint density at radius 2 is 1.95 bits per heavy atom. The largest absolute Gasteiger partial charge is 0.349 e. The molecule has 2 aliphatic rings. The van der Waals surface area contributed by atoms with Gasteiger partial charge in [-0.3, -0.25) is 14.9 Å². The smallest absolute Gasteiger partial charge is 0.252 e. The van der Waals surface area contributed by atoms with Crippen LogP contribution in [0.4, 0.5) is 0 Å². The number of likely N-dealkylation sites (tertiary alicyclic amines) is 1. The average Bonchev–Trinajstić information content (AvgIpc) is 3.42. The summed E-state index contributed by atoms with van der Waals surface area (Å²) < 4.78 is 0. The molecular weight excluding hydrogens is 490 g/mol. The fourth-order valence-corrected chi connectivity index (χ4v) is 5.97. The number of aromatic amines is 1. The van der Waals surface area contributed by atoms with E-state index < -0.39 is 0 Å². The summed E-state index contributed by atoms with van der Waals surface area (Å²) in [6, 6.07) is 18.7. The molecule has 0 atom stereocenters. The number of carbonyl (C=O) groups excluding carboxylic acids is 1. The second kappa shape index (κ2) is 11.5. The third kappa shape index (κ3) is 6.17. The highest BCUT2D eigenvalue weighted by Crippen LogP contribution is 2.33. The van der Waals surface area contributed by atoms with Crippen LogP contribution in [0.15, 0.2) is 70.6 Å². The van der Waals surface area contributed by atoms with Crippen molar-refractivity contribution >= 4 is 40.7 Å². The lowest BCUT2D eigenvalue weighted by atomic mass is 10.1. The monoisotopic (exact) mass is 523 g/mol. The number of pyridine rings is 1. The zero-order valence-electron chi connectivity index (χ0n) is 21.5. The van der Waals surface area contributed by atoms with Gasteiger partial charge < -0.3 is 10.2 Å². The van der Waals surface area contributed by atoms with Crippen molar-refractivity contribution < 1.29 is 4.79 Å². The lowest BCUT2D eigenvalue weighted by Gasteiger charge is -2.13. The first-order valence-electron chi connectivity index (χ1n) is 13.6. The van der Waals surface area contributed by atoms with Gasteiger partial charge in [0.15, 0.2) is 0 Å². The number of benzene rings is 2. The zero-order valence-corrected chi connectivity index (χ0v) is 22.3. The van der Waals surface area contributed by atoms with Crippen molar-refractivity contribution in [1.29, 1.82) is 0 Å². The highest BCUT2D eigenvalue weighted by Gasteiger charge is 2.25. The first-order valence-corrected chi connectivity index (χ1v) is 14.4. The molecule has 0 spiro atoms. The maximum absolute atomic E-state index is 12.7. The molecule has 4 aromatic rings.